The maximum Gasteiger partial charge on any atom is 0.339 e. The summed E-state index contributed by atoms with van der Waals surface area (Å²) in [5, 5.41) is 12.7. The largest absolute Gasteiger partial charge is 0.484 e. The fraction of sp³-hybridized carbons (Fsp3) is 0.400. The van der Waals surface area contributed by atoms with Crippen molar-refractivity contribution in [3.05, 3.63) is 45.8 Å². The van der Waals surface area contributed by atoms with Crippen LogP contribution in [0.2, 0.25) is 0 Å². The maximum absolute atomic E-state index is 12.2. The van der Waals surface area contributed by atoms with Crippen molar-refractivity contribution in [2.45, 2.75) is 39.5 Å². The third-order valence-corrected chi connectivity index (χ3v) is 5.85. The molecule has 1 aliphatic carbocycles. The van der Waals surface area contributed by atoms with E-state index in [2.05, 4.69) is 19.2 Å². The van der Waals surface area contributed by atoms with Crippen molar-refractivity contribution in [1.29, 1.82) is 0 Å². The van der Waals surface area contributed by atoms with E-state index in [1.165, 1.54) is 16.9 Å². The molecule has 1 aromatic carbocycles. The van der Waals surface area contributed by atoms with E-state index in [-0.39, 0.29) is 18.1 Å². The Bertz CT molecular complexity index is 810. The number of aromatic carboxylic acids is 1. The summed E-state index contributed by atoms with van der Waals surface area (Å²) in [7, 11) is 0. The summed E-state index contributed by atoms with van der Waals surface area (Å²) in [6, 6.07) is 7.59. The molecule has 0 aliphatic heterocycles. The van der Waals surface area contributed by atoms with Gasteiger partial charge in [-0.1, -0.05) is 26.0 Å². The molecule has 1 aliphatic rings. The standard InChI is InChI=1S/C20H23NO4S/c1-3-13-5-7-14(8-6-13)25-11-17(22)21-19-18(20(23)24)15-9-4-12(2)10-16(15)26-19/h5-8,12H,3-4,9-11H2,1-2H3,(H,21,22)(H,23,24). The number of hydrogen-bond donors (Lipinski definition) is 2. The van der Waals surface area contributed by atoms with Crippen LogP contribution in [0.15, 0.2) is 24.3 Å². The van der Waals surface area contributed by atoms with Gasteiger partial charge in [0.15, 0.2) is 6.61 Å². The van der Waals surface area contributed by atoms with Gasteiger partial charge in [0.25, 0.3) is 5.91 Å². The van der Waals surface area contributed by atoms with Crippen LogP contribution in [0, 0.1) is 5.92 Å². The summed E-state index contributed by atoms with van der Waals surface area (Å²) in [5.41, 5.74) is 2.33. The number of carbonyl (C=O) groups excluding carboxylic acids is 1. The summed E-state index contributed by atoms with van der Waals surface area (Å²) < 4.78 is 5.50. The lowest BCUT2D eigenvalue weighted by Gasteiger charge is -2.17. The molecule has 26 heavy (non-hydrogen) atoms. The monoisotopic (exact) mass is 373 g/mol. The van der Waals surface area contributed by atoms with Gasteiger partial charge in [0.1, 0.15) is 10.8 Å². The van der Waals surface area contributed by atoms with Crippen LogP contribution in [-0.4, -0.2) is 23.6 Å². The fourth-order valence-electron chi connectivity index (χ4n) is 3.20. The highest BCUT2D eigenvalue weighted by molar-refractivity contribution is 7.17. The first-order valence-corrected chi connectivity index (χ1v) is 9.69. The Balaban J connectivity index is 1.67. The van der Waals surface area contributed by atoms with Gasteiger partial charge in [-0.3, -0.25) is 4.79 Å². The molecule has 138 valence electrons. The molecule has 1 unspecified atom stereocenters. The van der Waals surface area contributed by atoms with Crippen LogP contribution in [0.25, 0.3) is 0 Å². The van der Waals surface area contributed by atoms with Gasteiger partial charge in [-0.25, -0.2) is 4.79 Å². The van der Waals surface area contributed by atoms with Crippen LogP contribution in [0.4, 0.5) is 5.00 Å². The summed E-state index contributed by atoms with van der Waals surface area (Å²) in [4.78, 5) is 25.0. The second-order valence-electron chi connectivity index (χ2n) is 6.70. The zero-order valence-electron chi connectivity index (χ0n) is 15.0. The van der Waals surface area contributed by atoms with Gasteiger partial charge in [0, 0.05) is 4.88 Å². The summed E-state index contributed by atoms with van der Waals surface area (Å²) in [5.74, 6) is -0.169. The predicted molar refractivity (Wildman–Crippen MR) is 102 cm³/mol. The molecule has 2 aromatic rings. The first kappa shape index (κ1) is 18.5. The van der Waals surface area contributed by atoms with E-state index in [4.69, 9.17) is 4.74 Å². The lowest BCUT2D eigenvalue weighted by molar-refractivity contribution is -0.118. The lowest BCUT2D eigenvalue weighted by atomic mass is 9.88. The zero-order valence-corrected chi connectivity index (χ0v) is 15.8. The number of fused-ring (bicyclic) bond motifs is 1. The molecule has 0 saturated carbocycles. The van der Waals surface area contributed by atoms with Gasteiger partial charge in [-0.05, 0) is 54.9 Å². The number of benzene rings is 1. The normalized spacial score (nSPS) is 16.0. The Morgan fingerprint density at radius 3 is 2.69 bits per heavy atom. The fourth-order valence-corrected chi connectivity index (χ4v) is 4.62. The minimum absolute atomic E-state index is 0.149. The molecule has 1 heterocycles. The topological polar surface area (TPSA) is 75.6 Å². The number of amides is 1. The highest BCUT2D eigenvalue weighted by atomic mass is 32.1. The quantitative estimate of drug-likeness (QED) is 0.797. The highest BCUT2D eigenvalue weighted by Gasteiger charge is 2.28. The van der Waals surface area contributed by atoms with Crippen LogP contribution in [-0.2, 0) is 24.1 Å². The minimum Gasteiger partial charge on any atom is -0.484 e. The van der Waals surface area contributed by atoms with Crippen LogP contribution >= 0.6 is 11.3 Å². The van der Waals surface area contributed by atoms with Crippen LogP contribution < -0.4 is 10.1 Å². The van der Waals surface area contributed by atoms with Crippen molar-refractivity contribution in [1.82, 2.24) is 0 Å². The van der Waals surface area contributed by atoms with Crippen molar-refractivity contribution >= 4 is 28.2 Å². The minimum atomic E-state index is -0.983. The Kier molecular flexibility index (Phi) is 5.61. The molecule has 3 rings (SSSR count). The van der Waals surface area contributed by atoms with Crippen molar-refractivity contribution in [3.63, 3.8) is 0 Å². The maximum atomic E-state index is 12.2. The van der Waals surface area contributed by atoms with Gasteiger partial charge < -0.3 is 15.2 Å². The smallest absolute Gasteiger partial charge is 0.339 e. The van der Waals surface area contributed by atoms with E-state index in [1.807, 2.05) is 24.3 Å². The van der Waals surface area contributed by atoms with Gasteiger partial charge in [0.05, 0.1) is 5.56 Å². The first-order chi connectivity index (χ1) is 12.5. The van der Waals surface area contributed by atoms with Gasteiger partial charge in [0.2, 0.25) is 0 Å². The van der Waals surface area contributed by atoms with Gasteiger partial charge >= 0.3 is 5.97 Å². The molecule has 2 N–H and O–H groups in total. The van der Waals surface area contributed by atoms with Crippen LogP contribution in [0.3, 0.4) is 0 Å². The Hall–Kier alpha value is -2.34. The average molecular weight is 373 g/mol. The van der Waals surface area contributed by atoms with Gasteiger partial charge in [-0.15, -0.1) is 11.3 Å². The second kappa shape index (κ2) is 7.91. The highest BCUT2D eigenvalue weighted by Crippen LogP contribution is 2.39. The first-order valence-electron chi connectivity index (χ1n) is 8.87. The summed E-state index contributed by atoms with van der Waals surface area (Å²) in [6.45, 7) is 4.09. The van der Waals surface area contributed by atoms with Crippen LogP contribution in [0.5, 0.6) is 5.75 Å². The van der Waals surface area contributed by atoms with Crippen molar-refractivity contribution < 1.29 is 19.4 Å². The number of carboxylic acid groups (broad SMARTS) is 1. The summed E-state index contributed by atoms with van der Waals surface area (Å²) in [6.07, 6.45) is 3.55. The molecule has 0 spiro atoms. The van der Waals surface area contributed by atoms with Crippen LogP contribution in [0.1, 0.15) is 46.6 Å². The second-order valence-corrected chi connectivity index (χ2v) is 7.80. The molecular weight excluding hydrogens is 350 g/mol. The third-order valence-electron chi connectivity index (χ3n) is 4.68. The lowest BCUT2D eigenvalue weighted by Crippen LogP contribution is -2.21. The molecule has 1 atom stereocenters. The number of rotatable bonds is 6. The molecule has 0 radical (unpaired) electrons. The number of ether oxygens (including phenoxy) is 1. The number of hydrogen-bond acceptors (Lipinski definition) is 4. The number of anilines is 1. The molecule has 1 amide bonds. The Morgan fingerprint density at radius 2 is 2.04 bits per heavy atom. The number of carbonyl (C=O) groups is 2. The zero-order chi connectivity index (χ0) is 18.7. The van der Waals surface area contributed by atoms with E-state index >= 15 is 0 Å². The van der Waals surface area contributed by atoms with Crippen molar-refractivity contribution in [3.8, 4) is 5.75 Å². The van der Waals surface area contributed by atoms with Crippen molar-refractivity contribution in [2.24, 2.45) is 5.92 Å². The van der Waals surface area contributed by atoms with Crippen molar-refractivity contribution in [2.75, 3.05) is 11.9 Å². The van der Waals surface area contributed by atoms with Gasteiger partial charge in [-0.2, -0.15) is 0 Å². The molecule has 0 saturated heterocycles. The van der Waals surface area contributed by atoms with E-state index in [0.29, 0.717) is 16.7 Å². The van der Waals surface area contributed by atoms with E-state index in [0.717, 1.165) is 36.1 Å². The third kappa shape index (κ3) is 4.07. The molecule has 6 heteroatoms. The molecule has 5 nitrogen and oxygen atoms in total. The average Bonchev–Trinajstić information content (AvgIpc) is 2.97. The SMILES string of the molecule is CCc1ccc(OCC(=O)Nc2sc3c(c2C(=O)O)CCC(C)C3)cc1. The molecule has 1 aromatic heterocycles. The molecule has 0 bridgehead atoms. The number of thiophene rings is 1. The van der Waals surface area contributed by atoms with E-state index in [1.54, 1.807) is 0 Å². The van der Waals surface area contributed by atoms with E-state index < -0.39 is 5.97 Å². The predicted octanol–water partition coefficient (Wildman–Crippen LogP) is 4.15. The number of aryl methyl sites for hydroxylation is 1. The number of carboxylic acids is 1. The Labute approximate surface area is 157 Å². The molecular formula is C20H23NO4S. The summed E-state index contributed by atoms with van der Waals surface area (Å²) >= 11 is 1.38. The van der Waals surface area contributed by atoms with E-state index in [9.17, 15) is 14.7 Å². The number of nitrogens with one attached hydrogen (secondary N) is 1. The Morgan fingerprint density at radius 1 is 1.31 bits per heavy atom. The molecule has 0 fully saturated rings.